The zero-order chi connectivity index (χ0) is 15.8. The SMILES string of the molecule is CCCCO[C@H](C)C(=O)Nc1ccc(OC2CCCC2)cc1. The highest BCUT2D eigenvalue weighted by Crippen LogP contribution is 2.25. The number of carbonyl (C=O) groups excluding carboxylic acids is 1. The number of anilines is 1. The summed E-state index contributed by atoms with van der Waals surface area (Å²) >= 11 is 0. The van der Waals surface area contributed by atoms with E-state index in [1.54, 1.807) is 6.92 Å². The third-order valence-corrected chi connectivity index (χ3v) is 3.96. The Balaban J connectivity index is 1.78. The molecule has 1 fully saturated rings. The number of ether oxygens (including phenoxy) is 2. The third-order valence-electron chi connectivity index (χ3n) is 3.96. The molecule has 1 amide bonds. The molecule has 0 radical (unpaired) electrons. The molecular formula is C18H27NO3. The summed E-state index contributed by atoms with van der Waals surface area (Å²) in [7, 11) is 0. The molecule has 1 atom stereocenters. The highest BCUT2D eigenvalue weighted by Gasteiger charge is 2.16. The fourth-order valence-electron chi connectivity index (χ4n) is 2.54. The Kier molecular flexibility index (Phi) is 6.72. The molecule has 0 aromatic heterocycles. The van der Waals surface area contributed by atoms with Gasteiger partial charge in [0.1, 0.15) is 11.9 Å². The van der Waals surface area contributed by atoms with Crippen molar-refractivity contribution in [3.8, 4) is 5.75 Å². The number of benzene rings is 1. The topological polar surface area (TPSA) is 47.6 Å². The quantitative estimate of drug-likeness (QED) is 0.734. The fraction of sp³-hybridized carbons (Fsp3) is 0.611. The summed E-state index contributed by atoms with van der Waals surface area (Å²) in [6, 6.07) is 7.58. The van der Waals surface area contributed by atoms with Crippen molar-refractivity contribution in [1.82, 2.24) is 0 Å². The summed E-state index contributed by atoms with van der Waals surface area (Å²) in [5, 5.41) is 2.87. The van der Waals surface area contributed by atoms with Crippen LogP contribution in [0.4, 0.5) is 5.69 Å². The summed E-state index contributed by atoms with van der Waals surface area (Å²) in [5.41, 5.74) is 0.773. The van der Waals surface area contributed by atoms with Crippen LogP contribution in [0.2, 0.25) is 0 Å². The summed E-state index contributed by atoms with van der Waals surface area (Å²) in [5.74, 6) is 0.762. The van der Waals surface area contributed by atoms with E-state index in [1.165, 1.54) is 12.8 Å². The smallest absolute Gasteiger partial charge is 0.253 e. The molecule has 1 aliphatic rings. The van der Waals surface area contributed by atoms with Crippen molar-refractivity contribution < 1.29 is 14.3 Å². The van der Waals surface area contributed by atoms with Gasteiger partial charge in [-0.1, -0.05) is 13.3 Å². The van der Waals surface area contributed by atoms with E-state index < -0.39 is 6.10 Å². The molecule has 0 bridgehead atoms. The van der Waals surface area contributed by atoms with Gasteiger partial charge in [-0.25, -0.2) is 0 Å². The van der Waals surface area contributed by atoms with Gasteiger partial charge >= 0.3 is 0 Å². The molecule has 0 aliphatic heterocycles. The molecule has 0 spiro atoms. The van der Waals surface area contributed by atoms with Crippen molar-refractivity contribution in [2.24, 2.45) is 0 Å². The van der Waals surface area contributed by atoms with Crippen LogP contribution in [0.1, 0.15) is 52.4 Å². The molecule has 1 aliphatic carbocycles. The minimum Gasteiger partial charge on any atom is -0.490 e. The molecule has 1 saturated carbocycles. The third kappa shape index (κ3) is 5.34. The summed E-state index contributed by atoms with van der Waals surface area (Å²) in [6.07, 6.45) is 6.77. The van der Waals surface area contributed by atoms with Crippen molar-refractivity contribution in [1.29, 1.82) is 0 Å². The highest BCUT2D eigenvalue weighted by molar-refractivity contribution is 5.93. The molecule has 4 heteroatoms. The molecule has 4 nitrogen and oxygen atoms in total. The van der Waals surface area contributed by atoms with E-state index in [-0.39, 0.29) is 5.91 Å². The van der Waals surface area contributed by atoms with Crippen LogP contribution < -0.4 is 10.1 Å². The Labute approximate surface area is 133 Å². The van der Waals surface area contributed by atoms with Crippen molar-refractivity contribution in [2.45, 2.75) is 64.6 Å². The van der Waals surface area contributed by atoms with Crippen LogP contribution in [0.15, 0.2) is 24.3 Å². The first-order valence-electron chi connectivity index (χ1n) is 8.38. The number of amides is 1. The van der Waals surface area contributed by atoms with Gasteiger partial charge < -0.3 is 14.8 Å². The predicted octanol–water partition coefficient (Wildman–Crippen LogP) is 4.15. The number of nitrogens with one attached hydrogen (secondary N) is 1. The standard InChI is InChI=1S/C18H27NO3/c1-3-4-13-21-14(2)18(20)19-15-9-11-17(12-10-15)22-16-7-5-6-8-16/h9-12,14,16H,3-8,13H2,1-2H3,(H,19,20)/t14-/m1/s1. The van der Waals surface area contributed by atoms with Gasteiger partial charge in [-0.15, -0.1) is 0 Å². The van der Waals surface area contributed by atoms with E-state index >= 15 is 0 Å². The zero-order valence-corrected chi connectivity index (χ0v) is 13.6. The number of carbonyl (C=O) groups is 1. The monoisotopic (exact) mass is 305 g/mol. The molecule has 22 heavy (non-hydrogen) atoms. The van der Waals surface area contributed by atoms with Gasteiger partial charge in [-0.2, -0.15) is 0 Å². The molecule has 2 rings (SSSR count). The van der Waals surface area contributed by atoms with Gasteiger partial charge in [0, 0.05) is 12.3 Å². The lowest BCUT2D eigenvalue weighted by Crippen LogP contribution is -2.28. The maximum absolute atomic E-state index is 12.0. The molecule has 0 heterocycles. The van der Waals surface area contributed by atoms with Gasteiger partial charge in [0.2, 0.25) is 0 Å². The van der Waals surface area contributed by atoms with Crippen molar-refractivity contribution in [3.05, 3.63) is 24.3 Å². The van der Waals surface area contributed by atoms with Gasteiger partial charge in [0.15, 0.2) is 0 Å². The Morgan fingerprint density at radius 2 is 1.95 bits per heavy atom. The highest BCUT2D eigenvalue weighted by atomic mass is 16.5. The fourth-order valence-corrected chi connectivity index (χ4v) is 2.54. The Bertz CT molecular complexity index is 452. The first-order chi connectivity index (χ1) is 10.7. The van der Waals surface area contributed by atoms with Gasteiger partial charge in [-0.05, 0) is 63.3 Å². The van der Waals surface area contributed by atoms with Crippen LogP contribution in [-0.2, 0) is 9.53 Å². The van der Waals surface area contributed by atoms with Crippen LogP contribution in [0, 0.1) is 0 Å². The Hall–Kier alpha value is -1.55. The second-order valence-electron chi connectivity index (χ2n) is 5.90. The number of rotatable bonds is 8. The largest absolute Gasteiger partial charge is 0.490 e. The van der Waals surface area contributed by atoms with Gasteiger partial charge in [-0.3, -0.25) is 4.79 Å². The van der Waals surface area contributed by atoms with Crippen LogP contribution in [0.25, 0.3) is 0 Å². The van der Waals surface area contributed by atoms with E-state index in [0.29, 0.717) is 12.7 Å². The van der Waals surface area contributed by atoms with E-state index in [0.717, 1.165) is 37.1 Å². The second kappa shape index (κ2) is 8.79. The molecule has 0 saturated heterocycles. The van der Waals surface area contributed by atoms with E-state index in [4.69, 9.17) is 9.47 Å². The molecule has 1 N–H and O–H groups in total. The van der Waals surface area contributed by atoms with E-state index in [1.807, 2.05) is 24.3 Å². The first-order valence-corrected chi connectivity index (χ1v) is 8.38. The van der Waals surface area contributed by atoms with Crippen LogP contribution in [-0.4, -0.2) is 24.7 Å². The average Bonchev–Trinajstić information content (AvgIpc) is 3.02. The van der Waals surface area contributed by atoms with E-state index in [9.17, 15) is 4.79 Å². The summed E-state index contributed by atoms with van der Waals surface area (Å²) in [6.45, 7) is 4.51. The van der Waals surface area contributed by atoms with E-state index in [2.05, 4.69) is 12.2 Å². The minimum absolute atomic E-state index is 0.111. The molecule has 122 valence electrons. The van der Waals surface area contributed by atoms with Crippen LogP contribution in [0.5, 0.6) is 5.75 Å². The van der Waals surface area contributed by atoms with Crippen LogP contribution in [0.3, 0.4) is 0 Å². The van der Waals surface area contributed by atoms with Crippen molar-refractivity contribution in [2.75, 3.05) is 11.9 Å². The number of hydrogen-bond donors (Lipinski definition) is 1. The maximum atomic E-state index is 12.0. The first kappa shape index (κ1) is 16.8. The predicted molar refractivity (Wildman–Crippen MR) is 88.3 cm³/mol. The normalized spacial score (nSPS) is 16.5. The second-order valence-corrected chi connectivity index (χ2v) is 5.90. The van der Waals surface area contributed by atoms with Crippen molar-refractivity contribution in [3.63, 3.8) is 0 Å². The molecule has 0 unspecified atom stereocenters. The zero-order valence-electron chi connectivity index (χ0n) is 13.6. The van der Waals surface area contributed by atoms with Crippen molar-refractivity contribution >= 4 is 11.6 Å². The lowest BCUT2D eigenvalue weighted by molar-refractivity contribution is -0.126. The minimum atomic E-state index is -0.430. The average molecular weight is 305 g/mol. The molecule has 1 aromatic rings. The summed E-state index contributed by atoms with van der Waals surface area (Å²) in [4.78, 5) is 12.0. The number of unbranched alkanes of at least 4 members (excludes halogenated alkanes) is 1. The lowest BCUT2D eigenvalue weighted by atomic mass is 10.2. The lowest BCUT2D eigenvalue weighted by Gasteiger charge is -2.15. The number of hydrogen-bond acceptors (Lipinski definition) is 3. The summed E-state index contributed by atoms with van der Waals surface area (Å²) < 4.78 is 11.4. The Morgan fingerprint density at radius 3 is 2.59 bits per heavy atom. The molecular weight excluding hydrogens is 278 g/mol. The molecule has 1 aromatic carbocycles. The Morgan fingerprint density at radius 1 is 1.27 bits per heavy atom. The van der Waals surface area contributed by atoms with Gasteiger partial charge in [0.25, 0.3) is 5.91 Å². The maximum Gasteiger partial charge on any atom is 0.253 e. The van der Waals surface area contributed by atoms with Crippen LogP contribution >= 0.6 is 0 Å². The van der Waals surface area contributed by atoms with Gasteiger partial charge in [0.05, 0.1) is 6.10 Å².